The number of carbonyl (C=O) groups excluding carboxylic acids is 1. The summed E-state index contributed by atoms with van der Waals surface area (Å²) in [5.41, 5.74) is 7.92. The predicted octanol–water partition coefficient (Wildman–Crippen LogP) is 2.49. The molecule has 1 aromatic rings. The second-order valence-corrected chi connectivity index (χ2v) is 3.79. The third-order valence-electron chi connectivity index (χ3n) is 2.18. The number of carbonyl (C=O) groups is 1. The topological polar surface area (TPSA) is 43.1 Å². The van der Waals surface area contributed by atoms with Gasteiger partial charge < -0.3 is 5.73 Å². The summed E-state index contributed by atoms with van der Waals surface area (Å²) in [6.07, 6.45) is 0.391. The summed E-state index contributed by atoms with van der Waals surface area (Å²) in [6.45, 7) is 4.16. The maximum absolute atomic E-state index is 11.6. The molecular formula is C11H14ClNO. The summed E-state index contributed by atoms with van der Waals surface area (Å²) in [5, 5.41) is 0.701. The van der Waals surface area contributed by atoms with Crippen molar-refractivity contribution in [1.29, 1.82) is 0 Å². The van der Waals surface area contributed by atoms with Crippen LogP contribution < -0.4 is 5.73 Å². The molecule has 0 aliphatic heterocycles. The van der Waals surface area contributed by atoms with Crippen LogP contribution in [0.25, 0.3) is 0 Å². The molecule has 0 bridgehead atoms. The van der Waals surface area contributed by atoms with Gasteiger partial charge in [-0.25, -0.2) is 0 Å². The van der Waals surface area contributed by atoms with Gasteiger partial charge in [0.2, 0.25) is 0 Å². The van der Waals surface area contributed by atoms with Gasteiger partial charge in [0, 0.05) is 17.0 Å². The zero-order valence-electron chi connectivity index (χ0n) is 8.43. The summed E-state index contributed by atoms with van der Waals surface area (Å²) in [7, 11) is 0. The van der Waals surface area contributed by atoms with E-state index in [2.05, 4.69) is 0 Å². The molecule has 0 fully saturated rings. The van der Waals surface area contributed by atoms with Crippen LogP contribution >= 0.6 is 11.6 Å². The summed E-state index contributed by atoms with van der Waals surface area (Å²) in [5.74, 6) is 0.0877. The van der Waals surface area contributed by atoms with E-state index in [0.717, 1.165) is 16.7 Å². The van der Waals surface area contributed by atoms with Crippen LogP contribution in [0.4, 0.5) is 0 Å². The minimum absolute atomic E-state index is 0.0877. The maximum atomic E-state index is 11.6. The first kappa shape index (κ1) is 11.2. The lowest BCUT2D eigenvalue weighted by atomic mass is 10.0. The van der Waals surface area contributed by atoms with Crippen molar-refractivity contribution in [3.05, 3.63) is 33.8 Å². The number of aryl methyl sites for hydroxylation is 2. The van der Waals surface area contributed by atoms with Crippen molar-refractivity contribution in [2.75, 3.05) is 6.54 Å². The second kappa shape index (κ2) is 4.58. The minimum atomic E-state index is 0.0877. The summed E-state index contributed by atoms with van der Waals surface area (Å²) in [4.78, 5) is 11.6. The Morgan fingerprint density at radius 3 is 2.57 bits per heavy atom. The largest absolute Gasteiger partial charge is 0.330 e. The Bertz CT molecular complexity index is 361. The van der Waals surface area contributed by atoms with E-state index in [1.54, 1.807) is 0 Å². The lowest BCUT2D eigenvalue weighted by molar-refractivity contribution is 0.0985. The standard InChI is InChI=1S/C11H14ClNO/c1-7-6-10(12)8(2)5-9(7)11(14)3-4-13/h5-6H,3-4,13H2,1-2H3. The summed E-state index contributed by atoms with van der Waals surface area (Å²) >= 11 is 5.93. The summed E-state index contributed by atoms with van der Waals surface area (Å²) < 4.78 is 0. The van der Waals surface area contributed by atoms with Crippen LogP contribution in [0.1, 0.15) is 27.9 Å². The smallest absolute Gasteiger partial charge is 0.164 e. The fraction of sp³-hybridized carbons (Fsp3) is 0.364. The second-order valence-electron chi connectivity index (χ2n) is 3.38. The van der Waals surface area contributed by atoms with Gasteiger partial charge in [0.15, 0.2) is 5.78 Å². The molecule has 0 aliphatic carbocycles. The van der Waals surface area contributed by atoms with Crippen molar-refractivity contribution < 1.29 is 4.79 Å². The van der Waals surface area contributed by atoms with Gasteiger partial charge >= 0.3 is 0 Å². The fourth-order valence-corrected chi connectivity index (χ4v) is 1.57. The normalized spacial score (nSPS) is 10.3. The van der Waals surface area contributed by atoms with E-state index < -0.39 is 0 Å². The Hall–Kier alpha value is -0.860. The van der Waals surface area contributed by atoms with Crippen LogP contribution in [0.3, 0.4) is 0 Å². The van der Waals surface area contributed by atoms with E-state index in [1.165, 1.54) is 0 Å². The average Bonchev–Trinajstić information content (AvgIpc) is 2.11. The molecule has 0 spiro atoms. The first-order valence-electron chi connectivity index (χ1n) is 4.56. The number of benzene rings is 1. The Morgan fingerprint density at radius 2 is 2.00 bits per heavy atom. The quantitative estimate of drug-likeness (QED) is 0.781. The Labute approximate surface area is 89.1 Å². The van der Waals surface area contributed by atoms with Gasteiger partial charge in [0.25, 0.3) is 0 Å². The third kappa shape index (κ3) is 2.34. The van der Waals surface area contributed by atoms with E-state index in [4.69, 9.17) is 17.3 Å². The van der Waals surface area contributed by atoms with Crippen LogP contribution in [-0.4, -0.2) is 12.3 Å². The highest BCUT2D eigenvalue weighted by atomic mass is 35.5. The molecule has 76 valence electrons. The maximum Gasteiger partial charge on any atom is 0.164 e. The van der Waals surface area contributed by atoms with Gasteiger partial charge in [0.05, 0.1) is 0 Å². The minimum Gasteiger partial charge on any atom is -0.330 e. The van der Waals surface area contributed by atoms with Crippen LogP contribution in [0.2, 0.25) is 5.02 Å². The van der Waals surface area contributed by atoms with Gasteiger partial charge in [-0.15, -0.1) is 0 Å². The van der Waals surface area contributed by atoms with Gasteiger partial charge in [0.1, 0.15) is 0 Å². The van der Waals surface area contributed by atoms with E-state index >= 15 is 0 Å². The molecule has 3 heteroatoms. The highest BCUT2D eigenvalue weighted by Crippen LogP contribution is 2.21. The molecule has 0 aliphatic rings. The predicted molar refractivity (Wildman–Crippen MR) is 58.9 cm³/mol. The van der Waals surface area contributed by atoms with Crippen LogP contribution in [0.15, 0.2) is 12.1 Å². The number of hydrogen-bond acceptors (Lipinski definition) is 2. The number of hydrogen-bond donors (Lipinski definition) is 1. The van der Waals surface area contributed by atoms with Crippen molar-refractivity contribution in [3.8, 4) is 0 Å². The molecule has 1 aromatic carbocycles. The molecule has 0 amide bonds. The zero-order chi connectivity index (χ0) is 10.7. The molecule has 0 aromatic heterocycles. The molecular weight excluding hydrogens is 198 g/mol. The number of ketones is 1. The lowest BCUT2D eigenvalue weighted by Crippen LogP contribution is -2.09. The molecule has 0 saturated heterocycles. The molecule has 0 unspecified atom stereocenters. The van der Waals surface area contributed by atoms with Gasteiger partial charge in [-0.1, -0.05) is 11.6 Å². The summed E-state index contributed by atoms with van der Waals surface area (Å²) in [6, 6.07) is 3.65. The van der Waals surface area contributed by atoms with Crippen LogP contribution in [-0.2, 0) is 0 Å². The fourth-order valence-electron chi connectivity index (χ4n) is 1.35. The Balaban J connectivity index is 3.09. The zero-order valence-corrected chi connectivity index (χ0v) is 9.19. The van der Waals surface area contributed by atoms with Gasteiger partial charge in [-0.05, 0) is 43.7 Å². The number of rotatable bonds is 3. The third-order valence-corrected chi connectivity index (χ3v) is 2.58. The SMILES string of the molecule is Cc1cc(C(=O)CCN)c(C)cc1Cl. The molecule has 14 heavy (non-hydrogen) atoms. The average molecular weight is 212 g/mol. The molecule has 0 atom stereocenters. The van der Waals surface area contributed by atoms with E-state index in [0.29, 0.717) is 18.0 Å². The molecule has 2 N–H and O–H groups in total. The van der Waals surface area contributed by atoms with Crippen molar-refractivity contribution in [2.45, 2.75) is 20.3 Å². The van der Waals surface area contributed by atoms with Gasteiger partial charge in [-0.3, -0.25) is 4.79 Å². The van der Waals surface area contributed by atoms with Crippen LogP contribution in [0.5, 0.6) is 0 Å². The van der Waals surface area contributed by atoms with Crippen molar-refractivity contribution in [2.24, 2.45) is 5.73 Å². The highest BCUT2D eigenvalue weighted by molar-refractivity contribution is 6.31. The van der Waals surface area contributed by atoms with Gasteiger partial charge in [-0.2, -0.15) is 0 Å². The Kier molecular flexibility index (Phi) is 3.67. The highest BCUT2D eigenvalue weighted by Gasteiger charge is 2.09. The van der Waals surface area contributed by atoms with Crippen molar-refractivity contribution in [1.82, 2.24) is 0 Å². The molecule has 0 radical (unpaired) electrons. The first-order chi connectivity index (χ1) is 6.56. The number of Topliss-reactive ketones (excluding diaryl/α,β-unsaturated/α-hetero) is 1. The monoisotopic (exact) mass is 211 g/mol. The first-order valence-corrected chi connectivity index (χ1v) is 4.94. The van der Waals surface area contributed by atoms with E-state index in [-0.39, 0.29) is 5.78 Å². The van der Waals surface area contributed by atoms with Crippen LogP contribution in [0, 0.1) is 13.8 Å². The lowest BCUT2D eigenvalue weighted by Gasteiger charge is -2.07. The number of halogens is 1. The molecule has 2 nitrogen and oxygen atoms in total. The van der Waals surface area contributed by atoms with Crippen molar-refractivity contribution >= 4 is 17.4 Å². The van der Waals surface area contributed by atoms with E-state index in [9.17, 15) is 4.79 Å². The molecule has 0 saturated carbocycles. The Morgan fingerprint density at radius 1 is 1.36 bits per heavy atom. The van der Waals surface area contributed by atoms with Crippen molar-refractivity contribution in [3.63, 3.8) is 0 Å². The van der Waals surface area contributed by atoms with E-state index in [1.807, 2.05) is 26.0 Å². The molecule has 1 rings (SSSR count). The number of nitrogens with two attached hydrogens (primary N) is 1. The molecule has 0 heterocycles.